The Balaban J connectivity index is 2.23. The van der Waals surface area contributed by atoms with E-state index in [4.69, 9.17) is 0 Å². The number of anilines is 2. The molecule has 0 aliphatic heterocycles. The molecule has 2 rings (SSSR count). The summed E-state index contributed by atoms with van der Waals surface area (Å²) in [5, 5.41) is 15.2. The Morgan fingerprint density at radius 1 is 1.16 bits per heavy atom. The largest absolute Gasteiger partial charge is 0.508 e. The molecule has 2 aromatic carbocycles. The molecule has 0 spiro atoms. The zero-order chi connectivity index (χ0) is 13.8. The van der Waals surface area contributed by atoms with E-state index in [1.807, 2.05) is 18.2 Å². The van der Waals surface area contributed by atoms with Crippen LogP contribution in [0, 0.1) is 6.92 Å². The number of carbonyl (C=O) groups excluding carboxylic acids is 1. The van der Waals surface area contributed by atoms with Gasteiger partial charge in [-0.25, -0.2) is 0 Å². The summed E-state index contributed by atoms with van der Waals surface area (Å²) in [7, 11) is 1.77. The molecule has 0 heterocycles. The maximum absolute atomic E-state index is 12.2. The van der Waals surface area contributed by atoms with Crippen molar-refractivity contribution in [3.8, 4) is 5.75 Å². The van der Waals surface area contributed by atoms with Crippen LogP contribution in [0.15, 0.2) is 42.5 Å². The van der Waals surface area contributed by atoms with Gasteiger partial charge in [-0.2, -0.15) is 0 Å². The first-order chi connectivity index (χ1) is 9.11. The summed E-state index contributed by atoms with van der Waals surface area (Å²) in [6.07, 6.45) is 0. The summed E-state index contributed by atoms with van der Waals surface area (Å²) in [4.78, 5) is 12.2. The van der Waals surface area contributed by atoms with Crippen LogP contribution in [0.4, 0.5) is 11.4 Å². The molecule has 0 radical (unpaired) electrons. The van der Waals surface area contributed by atoms with Gasteiger partial charge in [0.25, 0.3) is 5.91 Å². The molecule has 0 saturated carbocycles. The van der Waals surface area contributed by atoms with E-state index in [0.717, 1.165) is 11.3 Å². The van der Waals surface area contributed by atoms with Gasteiger partial charge in [0.05, 0.1) is 5.56 Å². The van der Waals surface area contributed by atoms with Crippen molar-refractivity contribution < 1.29 is 9.90 Å². The second kappa shape index (κ2) is 5.44. The van der Waals surface area contributed by atoms with Crippen molar-refractivity contribution in [1.29, 1.82) is 0 Å². The molecule has 2 aromatic rings. The molecule has 0 fully saturated rings. The maximum atomic E-state index is 12.2. The Labute approximate surface area is 112 Å². The van der Waals surface area contributed by atoms with E-state index in [2.05, 4.69) is 10.6 Å². The number of phenolic OH excluding ortho intramolecular Hbond substituents is 1. The van der Waals surface area contributed by atoms with Crippen LogP contribution in [0.3, 0.4) is 0 Å². The van der Waals surface area contributed by atoms with E-state index in [9.17, 15) is 9.90 Å². The standard InChI is InChI=1S/C15H16N2O2/c1-10-9-11(7-8-14(10)18)17-15(19)12-5-3-4-6-13(12)16-2/h3-9,16,18H,1-2H3,(H,17,19). The highest BCUT2D eigenvalue weighted by atomic mass is 16.3. The van der Waals surface area contributed by atoms with Crippen molar-refractivity contribution in [2.24, 2.45) is 0 Å². The molecule has 0 aliphatic rings. The molecular weight excluding hydrogens is 240 g/mol. The van der Waals surface area contributed by atoms with Crippen LogP contribution < -0.4 is 10.6 Å². The number of hydrogen-bond donors (Lipinski definition) is 3. The third-order valence-electron chi connectivity index (χ3n) is 2.90. The van der Waals surface area contributed by atoms with Crippen LogP contribution in [0.5, 0.6) is 5.75 Å². The third-order valence-corrected chi connectivity index (χ3v) is 2.90. The number of phenols is 1. The normalized spacial score (nSPS) is 10.0. The van der Waals surface area contributed by atoms with Crippen LogP contribution >= 0.6 is 0 Å². The molecule has 4 nitrogen and oxygen atoms in total. The monoisotopic (exact) mass is 256 g/mol. The van der Waals surface area contributed by atoms with Crippen molar-refractivity contribution in [1.82, 2.24) is 0 Å². The maximum Gasteiger partial charge on any atom is 0.257 e. The Morgan fingerprint density at radius 3 is 2.58 bits per heavy atom. The molecule has 0 atom stereocenters. The van der Waals surface area contributed by atoms with Gasteiger partial charge in [0.2, 0.25) is 0 Å². The van der Waals surface area contributed by atoms with Gasteiger partial charge in [-0.05, 0) is 42.8 Å². The van der Waals surface area contributed by atoms with Gasteiger partial charge >= 0.3 is 0 Å². The van der Waals surface area contributed by atoms with E-state index < -0.39 is 0 Å². The number of para-hydroxylation sites is 1. The average Bonchev–Trinajstić information content (AvgIpc) is 2.43. The molecule has 0 saturated heterocycles. The predicted molar refractivity (Wildman–Crippen MR) is 76.8 cm³/mol. The summed E-state index contributed by atoms with van der Waals surface area (Å²) < 4.78 is 0. The lowest BCUT2D eigenvalue weighted by molar-refractivity contribution is 0.102. The molecule has 98 valence electrons. The van der Waals surface area contributed by atoms with Gasteiger partial charge in [-0.15, -0.1) is 0 Å². The van der Waals surface area contributed by atoms with Crippen LogP contribution in [0.2, 0.25) is 0 Å². The van der Waals surface area contributed by atoms with Crippen molar-refractivity contribution in [2.75, 3.05) is 17.7 Å². The fourth-order valence-electron chi connectivity index (χ4n) is 1.83. The molecule has 1 amide bonds. The third kappa shape index (κ3) is 2.85. The Morgan fingerprint density at radius 2 is 1.89 bits per heavy atom. The van der Waals surface area contributed by atoms with Gasteiger partial charge in [-0.3, -0.25) is 4.79 Å². The minimum Gasteiger partial charge on any atom is -0.508 e. The molecule has 0 aliphatic carbocycles. The number of amides is 1. The van der Waals surface area contributed by atoms with Gasteiger partial charge in [0.1, 0.15) is 5.75 Å². The van der Waals surface area contributed by atoms with Crippen molar-refractivity contribution in [2.45, 2.75) is 6.92 Å². The quantitative estimate of drug-likeness (QED) is 0.740. The first kappa shape index (κ1) is 13.0. The Kier molecular flexibility index (Phi) is 3.71. The van der Waals surface area contributed by atoms with Crippen LogP contribution in [-0.4, -0.2) is 18.1 Å². The number of nitrogens with one attached hydrogen (secondary N) is 2. The molecule has 0 unspecified atom stereocenters. The van der Waals surface area contributed by atoms with Gasteiger partial charge < -0.3 is 15.7 Å². The topological polar surface area (TPSA) is 61.4 Å². The number of benzene rings is 2. The lowest BCUT2D eigenvalue weighted by Gasteiger charge is -2.10. The van der Waals surface area contributed by atoms with Gasteiger partial charge in [-0.1, -0.05) is 12.1 Å². The van der Waals surface area contributed by atoms with Gasteiger partial charge in [0.15, 0.2) is 0 Å². The summed E-state index contributed by atoms with van der Waals surface area (Å²) >= 11 is 0. The van der Waals surface area contributed by atoms with E-state index in [1.54, 1.807) is 38.2 Å². The first-order valence-electron chi connectivity index (χ1n) is 5.99. The molecule has 4 heteroatoms. The zero-order valence-corrected chi connectivity index (χ0v) is 10.9. The number of aryl methyl sites for hydroxylation is 1. The lowest BCUT2D eigenvalue weighted by Crippen LogP contribution is -2.13. The second-order valence-corrected chi connectivity index (χ2v) is 4.25. The van der Waals surface area contributed by atoms with Crippen LogP contribution in [-0.2, 0) is 0 Å². The molecule has 0 aromatic heterocycles. The van der Waals surface area contributed by atoms with Crippen molar-refractivity contribution in [3.63, 3.8) is 0 Å². The van der Waals surface area contributed by atoms with Crippen LogP contribution in [0.25, 0.3) is 0 Å². The van der Waals surface area contributed by atoms with E-state index >= 15 is 0 Å². The van der Waals surface area contributed by atoms with Crippen molar-refractivity contribution >= 4 is 17.3 Å². The Hall–Kier alpha value is -2.49. The van der Waals surface area contributed by atoms with Crippen molar-refractivity contribution in [3.05, 3.63) is 53.6 Å². The average molecular weight is 256 g/mol. The number of carbonyl (C=O) groups is 1. The minimum atomic E-state index is -0.185. The second-order valence-electron chi connectivity index (χ2n) is 4.25. The molecule has 0 bridgehead atoms. The molecular formula is C15H16N2O2. The SMILES string of the molecule is CNc1ccccc1C(=O)Nc1ccc(O)c(C)c1. The molecule has 3 N–H and O–H groups in total. The Bertz CT molecular complexity index is 609. The summed E-state index contributed by atoms with van der Waals surface area (Å²) in [6.45, 7) is 1.78. The van der Waals surface area contributed by atoms with Gasteiger partial charge in [0, 0.05) is 18.4 Å². The van der Waals surface area contributed by atoms with E-state index in [1.165, 1.54) is 0 Å². The zero-order valence-electron chi connectivity index (χ0n) is 10.9. The van der Waals surface area contributed by atoms with Crippen LogP contribution in [0.1, 0.15) is 15.9 Å². The first-order valence-corrected chi connectivity index (χ1v) is 5.99. The highest BCUT2D eigenvalue weighted by Gasteiger charge is 2.10. The predicted octanol–water partition coefficient (Wildman–Crippen LogP) is 2.99. The summed E-state index contributed by atoms with van der Waals surface area (Å²) in [6, 6.07) is 12.3. The number of rotatable bonds is 3. The highest BCUT2D eigenvalue weighted by Crippen LogP contribution is 2.22. The summed E-state index contributed by atoms with van der Waals surface area (Å²) in [5.41, 5.74) is 2.73. The fraction of sp³-hybridized carbons (Fsp3) is 0.133. The molecule has 19 heavy (non-hydrogen) atoms. The number of hydrogen-bond acceptors (Lipinski definition) is 3. The van der Waals surface area contributed by atoms with E-state index in [0.29, 0.717) is 11.3 Å². The highest BCUT2D eigenvalue weighted by molar-refractivity contribution is 6.08. The fourth-order valence-corrected chi connectivity index (χ4v) is 1.83. The lowest BCUT2D eigenvalue weighted by atomic mass is 10.1. The summed E-state index contributed by atoms with van der Waals surface area (Å²) in [5.74, 6) is 0.0312. The smallest absolute Gasteiger partial charge is 0.257 e. The van der Waals surface area contributed by atoms with E-state index in [-0.39, 0.29) is 11.7 Å². The number of aromatic hydroxyl groups is 1. The minimum absolute atomic E-state index is 0.185.